The Kier molecular flexibility index (Phi) is 3.99. The number of amides is 1. The Bertz CT molecular complexity index is 575. The number of hydrogen-bond acceptors (Lipinski definition) is 2. The van der Waals surface area contributed by atoms with Gasteiger partial charge in [0.15, 0.2) is 0 Å². The molecule has 108 valence electrons. The first-order chi connectivity index (χ1) is 9.16. The third-order valence-electron chi connectivity index (χ3n) is 3.81. The summed E-state index contributed by atoms with van der Waals surface area (Å²) in [5, 5.41) is 11.9. The zero-order valence-corrected chi connectivity index (χ0v) is 14.5. The van der Waals surface area contributed by atoms with E-state index in [9.17, 15) is 9.59 Å². The number of hydrogen-bond donors (Lipinski definition) is 2. The number of anilines is 1. The number of aryl methyl sites for hydroxylation is 1. The van der Waals surface area contributed by atoms with E-state index in [4.69, 9.17) is 5.11 Å². The van der Waals surface area contributed by atoms with E-state index in [-0.39, 0.29) is 5.91 Å². The highest BCUT2D eigenvalue weighted by molar-refractivity contribution is 9.11. The number of carbonyl (C=O) groups is 2. The molecule has 6 heteroatoms. The average molecular weight is 405 g/mol. The highest BCUT2D eigenvalue weighted by Gasteiger charge is 2.65. The Balaban J connectivity index is 2.20. The highest BCUT2D eigenvalue weighted by Crippen LogP contribution is 2.58. The van der Waals surface area contributed by atoms with Crippen molar-refractivity contribution >= 4 is 49.4 Å². The molecule has 1 aromatic rings. The Morgan fingerprint density at radius 1 is 1.20 bits per heavy atom. The lowest BCUT2D eigenvalue weighted by molar-refractivity contribution is -0.140. The molecule has 1 aliphatic carbocycles. The molecule has 1 aromatic carbocycles. The molecule has 1 amide bonds. The second-order valence-electron chi connectivity index (χ2n) is 5.71. The molecule has 0 bridgehead atoms. The van der Waals surface area contributed by atoms with Gasteiger partial charge in [0.1, 0.15) is 0 Å². The molecule has 0 heterocycles. The van der Waals surface area contributed by atoms with Gasteiger partial charge >= 0.3 is 5.97 Å². The van der Waals surface area contributed by atoms with Crippen LogP contribution in [0.5, 0.6) is 0 Å². The minimum absolute atomic E-state index is 0.257. The van der Waals surface area contributed by atoms with Crippen molar-refractivity contribution in [3.8, 4) is 0 Å². The lowest BCUT2D eigenvalue weighted by Crippen LogP contribution is -2.18. The summed E-state index contributed by atoms with van der Waals surface area (Å²) in [4.78, 5) is 23.4. The molecule has 20 heavy (non-hydrogen) atoms. The standard InChI is InChI=1S/C14H15Br2NO3/c1-6-4-7(15)11(8(16)5-6)17-12(18)9-10(13(19)20)14(9,2)3/h4-5,9-10H,1-3H3,(H,17,18)(H,19,20)/t9-,10+/m1/s1. The Labute approximate surface area is 134 Å². The number of carboxylic acids is 1. The molecule has 0 radical (unpaired) electrons. The molecule has 0 aliphatic heterocycles. The van der Waals surface area contributed by atoms with Gasteiger partial charge in [-0.25, -0.2) is 0 Å². The smallest absolute Gasteiger partial charge is 0.307 e. The normalized spacial score (nSPS) is 23.2. The summed E-state index contributed by atoms with van der Waals surface area (Å²) in [7, 11) is 0. The predicted molar refractivity (Wildman–Crippen MR) is 83.6 cm³/mol. The first kappa shape index (κ1) is 15.5. The summed E-state index contributed by atoms with van der Waals surface area (Å²) >= 11 is 6.82. The molecule has 0 aromatic heterocycles. The van der Waals surface area contributed by atoms with Gasteiger partial charge in [-0.3, -0.25) is 9.59 Å². The molecule has 2 rings (SSSR count). The van der Waals surface area contributed by atoms with Crippen molar-refractivity contribution in [2.45, 2.75) is 20.8 Å². The lowest BCUT2D eigenvalue weighted by Gasteiger charge is -2.11. The molecule has 0 unspecified atom stereocenters. The average Bonchev–Trinajstić information content (AvgIpc) is 2.86. The van der Waals surface area contributed by atoms with Crippen molar-refractivity contribution in [2.24, 2.45) is 17.3 Å². The van der Waals surface area contributed by atoms with Gasteiger partial charge in [-0.15, -0.1) is 0 Å². The predicted octanol–water partition coefficient (Wildman–Crippen LogP) is 3.82. The number of rotatable bonds is 3. The van der Waals surface area contributed by atoms with E-state index in [0.717, 1.165) is 14.5 Å². The van der Waals surface area contributed by atoms with E-state index < -0.39 is 23.2 Å². The fraction of sp³-hybridized carbons (Fsp3) is 0.429. The van der Waals surface area contributed by atoms with Gasteiger partial charge in [0.25, 0.3) is 0 Å². The zero-order valence-electron chi connectivity index (χ0n) is 11.3. The molecule has 4 nitrogen and oxygen atoms in total. The molecule has 0 spiro atoms. The van der Waals surface area contributed by atoms with Crippen LogP contribution in [-0.2, 0) is 9.59 Å². The van der Waals surface area contributed by atoms with Crippen LogP contribution in [-0.4, -0.2) is 17.0 Å². The van der Waals surface area contributed by atoms with Crippen LogP contribution in [0.3, 0.4) is 0 Å². The molecule has 1 aliphatic rings. The van der Waals surface area contributed by atoms with Gasteiger partial charge in [0, 0.05) is 8.95 Å². The van der Waals surface area contributed by atoms with Crippen LogP contribution in [0.25, 0.3) is 0 Å². The fourth-order valence-electron chi connectivity index (χ4n) is 2.61. The largest absolute Gasteiger partial charge is 0.481 e. The zero-order chi connectivity index (χ0) is 15.2. The Morgan fingerprint density at radius 2 is 1.70 bits per heavy atom. The summed E-state index contributed by atoms with van der Waals surface area (Å²) < 4.78 is 1.53. The third kappa shape index (κ3) is 2.63. The van der Waals surface area contributed by atoms with E-state index in [0.29, 0.717) is 5.69 Å². The first-order valence-corrected chi connectivity index (χ1v) is 7.74. The minimum Gasteiger partial charge on any atom is -0.481 e. The summed E-state index contributed by atoms with van der Waals surface area (Å²) in [6, 6.07) is 3.79. The van der Waals surface area contributed by atoms with Crippen molar-refractivity contribution in [3.63, 3.8) is 0 Å². The summed E-state index contributed by atoms with van der Waals surface area (Å²) in [5.74, 6) is -2.30. The topological polar surface area (TPSA) is 66.4 Å². The fourth-order valence-corrected chi connectivity index (χ4v) is 4.22. The third-order valence-corrected chi connectivity index (χ3v) is 5.06. The van der Waals surface area contributed by atoms with Crippen molar-refractivity contribution < 1.29 is 14.7 Å². The molecule has 2 atom stereocenters. The van der Waals surface area contributed by atoms with E-state index >= 15 is 0 Å². The van der Waals surface area contributed by atoms with E-state index in [1.165, 1.54) is 0 Å². The lowest BCUT2D eigenvalue weighted by atomic mass is 10.1. The van der Waals surface area contributed by atoms with Crippen LogP contribution in [0.2, 0.25) is 0 Å². The van der Waals surface area contributed by atoms with E-state index in [1.807, 2.05) is 19.1 Å². The van der Waals surface area contributed by atoms with Crippen LogP contribution < -0.4 is 5.32 Å². The number of carbonyl (C=O) groups excluding carboxylic acids is 1. The maximum Gasteiger partial charge on any atom is 0.307 e. The van der Waals surface area contributed by atoms with Crippen molar-refractivity contribution in [2.75, 3.05) is 5.32 Å². The quantitative estimate of drug-likeness (QED) is 0.804. The van der Waals surface area contributed by atoms with Gasteiger partial charge in [-0.1, -0.05) is 13.8 Å². The van der Waals surface area contributed by atoms with Crippen molar-refractivity contribution in [3.05, 3.63) is 26.6 Å². The Morgan fingerprint density at radius 3 is 2.10 bits per heavy atom. The van der Waals surface area contributed by atoms with Gasteiger partial charge in [-0.05, 0) is 61.9 Å². The molecule has 1 saturated carbocycles. The summed E-state index contributed by atoms with van der Waals surface area (Å²) in [5.41, 5.74) is 1.18. The summed E-state index contributed by atoms with van der Waals surface area (Å²) in [6.07, 6.45) is 0. The van der Waals surface area contributed by atoms with E-state index in [1.54, 1.807) is 13.8 Å². The van der Waals surface area contributed by atoms with Gasteiger partial charge < -0.3 is 10.4 Å². The first-order valence-electron chi connectivity index (χ1n) is 6.15. The second-order valence-corrected chi connectivity index (χ2v) is 7.42. The molecular weight excluding hydrogens is 390 g/mol. The molecular formula is C14H15Br2NO3. The van der Waals surface area contributed by atoms with Crippen molar-refractivity contribution in [1.82, 2.24) is 0 Å². The number of nitrogens with one attached hydrogen (secondary N) is 1. The number of benzene rings is 1. The SMILES string of the molecule is Cc1cc(Br)c(NC(=O)[C@H]2[C@@H](C(=O)O)C2(C)C)c(Br)c1. The number of aliphatic carboxylic acids is 1. The maximum atomic E-state index is 12.3. The molecule has 0 saturated heterocycles. The Hall–Kier alpha value is -0.880. The molecule has 1 fully saturated rings. The van der Waals surface area contributed by atoms with Crippen LogP contribution in [0.4, 0.5) is 5.69 Å². The van der Waals surface area contributed by atoms with Gasteiger partial charge in [0.05, 0.1) is 17.5 Å². The van der Waals surface area contributed by atoms with Gasteiger partial charge in [-0.2, -0.15) is 0 Å². The number of carboxylic acid groups (broad SMARTS) is 1. The van der Waals surface area contributed by atoms with E-state index in [2.05, 4.69) is 37.2 Å². The highest BCUT2D eigenvalue weighted by atomic mass is 79.9. The molecule has 2 N–H and O–H groups in total. The minimum atomic E-state index is -0.919. The van der Waals surface area contributed by atoms with Crippen LogP contribution in [0.15, 0.2) is 21.1 Å². The maximum absolute atomic E-state index is 12.3. The number of halogens is 2. The monoisotopic (exact) mass is 403 g/mol. The second kappa shape index (κ2) is 5.15. The van der Waals surface area contributed by atoms with Crippen LogP contribution >= 0.6 is 31.9 Å². The summed E-state index contributed by atoms with van der Waals surface area (Å²) in [6.45, 7) is 5.55. The van der Waals surface area contributed by atoms with Crippen molar-refractivity contribution in [1.29, 1.82) is 0 Å². The van der Waals surface area contributed by atoms with Crippen LogP contribution in [0.1, 0.15) is 19.4 Å². The van der Waals surface area contributed by atoms with Gasteiger partial charge in [0.2, 0.25) is 5.91 Å². The van der Waals surface area contributed by atoms with Crippen LogP contribution in [0, 0.1) is 24.2 Å².